The van der Waals surface area contributed by atoms with Gasteiger partial charge in [0.1, 0.15) is 5.54 Å². The molecule has 0 aromatic carbocycles. The first-order valence-corrected chi connectivity index (χ1v) is 7.54. The summed E-state index contributed by atoms with van der Waals surface area (Å²) in [6.45, 7) is 4.26. The maximum absolute atomic E-state index is 11.9. The molecule has 0 radical (unpaired) electrons. The lowest BCUT2D eigenvalue weighted by Crippen LogP contribution is -2.56. The Kier molecular flexibility index (Phi) is 6.32. The predicted molar refractivity (Wildman–Crippen MR) is 74.9 cm³/mol. The van der Waals surface area contributed by atoms with Crippen LogP contribution in [0.3, 0.4) is 0 Å². The molecule has 0 aliphatic heterocycles. The smallest absolute Gasteiger partial charge is 0.329 e. The van der Waals surface area contributed by atoms with Gasteiger partial charge in [-0.2, -0.15) is 0 Å². The van der Waals surface area contributed by atoms with Crippen LogP contribution in [0.25, 0.3) is 0 Å². The Morgan fingerprint density at radius 3 is 2.37 bits per heavy atom. The first-order chi connectivity index (χ1) is 9.00. The van der Waals surface area contributed by atoms with E-state index >= 15 is 0 Å². The number of nitrogens with one attached hydrogen (secondary N) is 1. The molecule has 0 heterocycles. The number of unbranched alkanes of at least 4 members (excludes halogenated alkanes) is 3. The third-order valence-corrected chi connectivity index (χ3v) is 4.17. The van der Waals surface area contributed by atoms with Crippen molar-refractivity contribution in [3.05, 3.63) is 0 Å². The number of carboxylic acids is 1. The van der Waals surface area contributed by atoms with Crippen LogP contribution in [0.1, 0.15) is 71.6 Å². The summed E-state index contributed by atoms with van der Waals surface area (Å²) in [6.07, 6.45) is 7.49. The van der Waals surface area contributed by atoms with Gasteiger partial charge in [-0.15, -0.1) is 0 Å². The van der Waals surface area contributed by atoms with Gasteiger partial charge in [0, 0.05) is 6.42 Å². The van der Waals surface area contributed by atoms with E-state index in [0.717, 1.165) is 38.5 Å². The molecule has 0 spiro atoms. The van der Waals surface area contributed by atoms with Crippen LogP contribution >= 0.6 is 0 Å². The molecule has 2 N–H and O–H groups in total. The Hall–Kier alpha value is -1.06. The summed E-state index contributed by atoms with van der Waals surface area (Å²) < 4.78 is 0. The standard InChI is InChI=1S/C15H27NO3/c1-3-4-5-6-7-13(17)16-15(14(18)19)10-8-12(2)9-11-15/h12H,3-11H2,1-2H3,(H,16,17)(H,18,19). The van der Waals surface area contributed by atoms with Crippen molar-refractivity contribution in [1.29, 1.82) is 0 Å². The molecule has 1 aliphatic carbocycles. The second-order valence-electron chi connectivity index (χ2n) is 5.93. The molecule has 0 saturated heterocycles. The van der Waals surface area contributed by atoms with Crippen molar-refractivity contribution >= 4 is 11.9 Å². The number of carbonyl (C=O) groups excluding carboxylic acids is 1. The fraction of sp³-hybridized carbons (Fsp3) is 0.867. The largest absolute Gasteiger partial charge is 0.480 e. The molecule has 1 aliphatic rings. The van der Waals surface area contributed by atoms with Crippen LogP contribution in [-0.4, -0.2) is 22.5 Å². The lowest BCUT2D eigenvalue weighted by Gasteiger charge is -2.36. The van der Waals surface area contributed by atoms with Crippen molar-refractivity contribution < 1.29 is 14.7 Å². The average Bonchev–Trinajstić information content (AvgIpc) is 2.37. The summed E-state index contributed by atoms with van der Waals surface area (Å²) in [7, 11) is 0. The molecule has 0 bridgehead atoms. The molecule has 0 atom stereocenters. The Labute approximate surface area is 116 Å². The van der Waals surface area contributed by atoms with Crippen molar-refractivity contribution in [3.8, 4) is 0 Å². The van der Waals surface area contributed by atoms with Crippen molar-refractivity contribution in [2.75, 3.05) is 0 Å². The van der Waals surface area contributed by atoms with E-state index in [-0.39, 0.29) is 5.91 Å². The zero-order chi connectivity index (χ0) is 14.3. The molecular weight excluding hydrogens is 242 g/mol. The third-order valence-electron chi connectivity index (χ3n) is 4.17. The van der Waals surface area contributed by atoms with Gasteiger partial charge in [0.2, 0.25) is 5.91 Å². The summed E-state index contributed by atoms with van der Waals surface area (Å²) in [5, 5.41) is 12.2. The quantitative estimate of drug-likeness (QED) is 0.698. The highest BCUT2D eigenvalue weighted by molar-refractivity contribution is 5.87. The summed E-state index contributed by atoms with van der Waals surface area (Å²) >= 11 is 0. The number of carbonyl (C=O) groups is 2. The molecule has 0 unspecified atom stereocenters. The molecule has 110 valence electrons. The molecule has 1 amide bonds. The molecule has 0 aromatic heterocycles. The number of carboxylic acid groups (broad SMARTS) is 1. The SMILES string of the molecule is CCCCCCC(=O)NC1(C(=O)O)CCC(C)CC1. The molecule has 1 saturated carbocycles. The van der Waals surface area contributed by atoms with E-state index in [9.17, 15) is 14.7 Å². The van der Waals surface area contributed by atoms with Gasteiger partial charge >= 0.3 is 5.97 Å². The van der Waals surface area contributed by atoms with Crippen LogP contribution in [-0.2, 0) is 9.59 Å². The molecule has 1 fully saturated rings. The monoisotopic (exact) mass is 269 g/mol. The minimum Gasteiger partial charge on any atom is -0.480 e. The minimum atomic E-state index is -1.01. The van der Waals surface area contributed by atoms with Crippen molar-refractivity contribution in [1.82, 2.24) is 5.32 Å². The van der Waals surface area contributed by atoms with Gasteiger partial charge in [-0.05, 0) is 38.0 Å². The first-order valence-electron chi connectivity index (χ1n) is 7.54. The highest BCUT2D eigenvalue weighted by Crippen LogP contribution is 2.32. The number of aliphatic carboxylic acids is 1. The molecule has 1 rings (SSSR count). The Morgan fingerprint density at radius 2 is 1.84 bits per heavy atom. The van der Waals surface area contributed by atoms with Crippen LogP contribution in [0.15, 0.2) is 0 Å². The number of hydrogen-bond acceptors (Lipinski definition) is 2. The fourth-order valence-corrected chi connectivity index (χ4v) is 2.69. The average molecular weight is 269 g/mol. The van der Waals surface area contributed by atoms with Crippen LogP contribution in [0.2, 0.25) is 0 Å². The van der Waals surface area contributed by atoms with E-state index in [0.29, 0.717) is 25.2 Å². The van der Waals surface area contributed by atoms with Gasteiger partial charge in [-0.1, -0.05) is 33.1 Å². The normalized spacial score (nSPS) is 26.9. The lowest BCUT2D eigenvalue weighted by atomic mass is 9.77. The van der Waals surface area contributed by atoms with E-state index in [2.05, 4.69) is 19.2 Å². The number of amides is 1. The van der Waals surface area contributed by atoms with E-state index in [1.807, 2.05) is 0 Å². The molecule has 4 heteroatoms. The first kappa shape index (κ1) is 16.0. The zero-order valence-electron chi connectivity index (χ0n) is 12.2. The summed E-state index contributed by atoms with van der Waals surface area (Å²) in [6, 6.07) is 0. The van der Waals surface area contributed by atoms with Gasteiger partial charge in [0.05, 0.1) is 0 Å². The van der Waals surface area contributed by atoms with Gasteiger partial charge in [0.25, 0.3) is 0 Å². The summed E-state index contributed by atoms with van der Waals surface area (Å²) in [4.78, 5) is 23.4. The zero-order valence-corrected chi connectivity index (χ0v) is 12.2. The molecule has 19 heavy (non-hydrogen) atoms. The third kappa shape index (κ3) is 4.84. The second kappa shape index (κ2) is 7.51. The molecule has 4 nitrogen and oxygen atoms in total. The van der Waals surface area contributed by atoms with Gasteiger partial charge < -0.3 is 10.4 Å². The van der Waals surface area contributed by atoms with Crippen LogP contribution in [0.4, 0.5) is 0 Å². The topological polar surface area (TPSA) is 66.4 Å². The Morgan fingerprint density at radius 1 is 1.21 bits per heavy atom. The van der Waals surface area contributed by atoms with Crippen molar-refractivity contribution in [3.63, 3.8) is 0 Å². The van der Waals surface area contributed by atoms with Crippen LogP contribution < -0.4 is 5.32 Å². The number of rotatable bonds is 7. The van der Waals surface area contributed by atoms with Crippen LogP contribution in [0, 0.1) is 5.92 Å². The van der Waals surface area contributed by atoms with Gasteiger partial charge in [0.15, 0.2) is 0 Å². The molecular formula is C15H27NO3. The maximum atomic E-state index is 11.9. The predicted octanol–water partition coefficient (Wildman–Crippen LogP) is 3.11. The Balaban J connectivity index is 2.45. The van der Waals surface area contributed by atoms with E-state index < -0.39 is 11.5 Å². The van der Waals surface area contributed by atoms with Crippen molar-refractivity contribution in [2.24, 2.45) is 5.92 Å². The highest BCUT2D eigenvalue weighted by Gasteiger charge is 2.42. The van der Waals surface area contributed by atoms with Crippen molar-refractivity contribution in [2.45, 2.75) is 77.2 Å². The minimum absolute atomic E-state index is 0.104. The molecule has 0 aromatic rings. The summed E-state index contributed by atoms with van der Waals surface area (Å²) in [5.41, 5.74) is -1.01. The van der Waals surface area contributed by atoms with E-state index in [1.165, 1.54) is 0 Å². The highest BCUT2D eigenvalue weighted by atomic mass is 16.4. The fourth-order valence-electron chi connectivity index (χ4n) is 2.69. The Bertz CT molecular complexity index is 307. The van der Waals surface area contributed by atoms with Gasteiger partial charge in [-0.25, -0.2) is 4.79 Å². The van der Waals surface area contributed by atoms with Crippen LogP contribution in [0.5, 0.6) is 0 Å². The van der Waals surface area contributed by atoms with E-state index in [4.69, 9.17) is 0 Å². The van der Waals surface area contributed by atoms with E-state index in [1.54, 1.807) is 0 Å². The summed E-state index contributed by atoms with van der Waals surface area (Å²) in [5.74, 6) is -0.414. The maximum Gasteiger partial charge on any atom is 0.329 e. The number of hydrogen-bond donors (Lipinski definition) is 2. The van der Waals surface area contributed by atoms with Gasteiger partial charge in [-0.3, -0.25) is 4.79 Å². The lowest BCUT2D eigenvalue weighted by molar-refractivity contribution is -0.149. The second-order valence-corrected chi connectivity index (χ2v) is 5.93.